The highest BCUT2D eigenvalue weighted by molar-refractivity contribution is 7.89. The van der Waals surface area contributed by atoms with Crippen molar-refractivity contribution in [1.29, 1.82) is 0 Å². The number of carbonyl (C=O) groups excluding carboxylic acids is 1. The first-order chi connectivity index (χ1) is 16.4. The van der Waals surface area contributed by atoms with Gasteiger partial charge in [-0.05, 0) is 35.2 Å². The molecule has 0 spiro atoms. The van der Waals surface area contributed by atoms with Crippen LogP contribution in [0.3, 0.4) is 0 Å². The predicted molar refractivity (Wildman–Crippen MR) is 131 cm³/mol. The minimum atomic E-state index is -4.07. The van der Waals surface area contributed by atoms with E-state index in [4.69, 9.17) is 0 Å². The average molecular weight is 472 g/mol. The van der Waals surface area contributed by atoms with Crippen molar-refractivity contribution in [3.63, 3.8) is 0 Å². The summed E-state index contributed by atoms with van der Waals surface area (Å²) in [5, 5.41) is 0.735. The van der Waals surface area contributed by atoms with Crippen LogP contribution in [0.5, 0.6) is 0 Å². The van der Waals surface area contributed by atoms with Gasteiger partial charge in [-0.2, -0.15) is 4.31 Å². The van der Waals surface area contributed by atoms with Crippen molar-refractivity contribution in [1.82, 2.24) is 14.2 Å². The van der Waals surface area contributed by atoms with Crippen LogP contribution < -0.4 is 0 Å². The zero-order valence-electron chi connectivity index (χ0n) is 18.8. The van der Waals surface area contributed by atoms with Crippen LogP contribution in [0.15, 0.2) is 96.0 Å². The molecular formula is C27H25N3O3S. The Morgan fingerprint density at radius 2 is 1.53 bits per heavy atom. The normalized spacial score (nSPS) is 17.3. The quantitative estimate of drug-likeness (QED) is 0.451. The van der Waals surface area contributed by atoms with Crippen LogP contribution in [-0.2, 0) is 34.3 Å². The summed E-state index contributed by atoms with van der Waals surface area (Å²) in [5.41, 5.74) is 3.13. The van der Waals surface area contributed by atoms with E-state index in [-0.39, 0.29) is 23.8 Å². The largest absolute Gasteiger partial charge is 0.340 e. The lowest BCUT2D eigenvalue weighted by atomic mass is 10.0. The molecule has 0 fully saturated rings. The lowest BCUT2D eigenvalue weighted by Gasteiger charge is -2.36. The van der Waals surface area contributed by atoms with Gasteiger partial charge >= 0.3 is 0 Å². The molecule has 0 aliphatic carbocycles. The molecule has 1 unspecified atom stereocenters. The molecule has 0 radical (unpaired) electrons. The standard InChI is InChI=1S/C27H25N3O3S/c1-29-18-22-11-5-6-12-23(22)19-30(24(27(29)31)17-20-9-3-2-4-10-20)34(32,33)25-15-7-13-21-14-8-16-28-26(21)25/h2-16,24H,17-19H2,1H3. The summed E-state index contributed by atoms with van der Waals surface area (Å²) in [5.74, 6) is -0.227. The van der Waals surface area contributed by atoms with E-state index in [1.807, 2.05) is 66.7 Å². The van der Waals surface area contributed by atoms with Crippen LogP contribution in [0.2, 0.25) is 0 Å². The van der Waals surface area contributed by atoms with Gasteiger partial charge in [-0.3, -0.25) is 9.78 Å². The molecule has 7 heteroatoms. The van der Waals surface area contributed by atoms with Gasteiger partial charge in [0, 0.05) is 31.7 Å². The average Bonchev–Trinajstić information content (AvgIpc) is 2.86. The molecular weight excluding hydrogens is 446 g/mol. The Balaban J connectivity index is 1.69. The molecule has 0 saturated carbocycles. The first kappa shape index (κ1) is 22.3. The third kappa shape index (κ3) is 4.08. The van der Waals surface area contributed by atoms with Gasteiger partial charge < -0.3 is 4.90 Å². The van der Waals surface area contributed by atoms with E-state index in [1.165, 1.54) is 4.31 Å². The molecule has 0 N–H and O–H groups in total. The summed E-state index contributed by atoms with van der Waals surface area (Å²) in [6.45, 7) is 0.544. The second-order valence-corrected chi connectivity index (χ2v) is 10.4. The number of amides is 1. The van der Waals surface area contributed by atoms with Crippen LogP contribution in [0, 0.1) is 0 Å². The number of likely N-dealkylation sites (N-methyl/N-ethyl adjacent to an activating group) is 1. The van der Waals surface area contributed by atoms with E-state index in [1.54, 1.807) is 36.3 Å². The molecule has 0 saturated heterocycles. The number of hydrogen-bond acceptors (Lipinski definition) is 4. The smallest absolute Gasteiger partial charge is 0.246 e. The Kier molecular flexibility index (Phi) is 5.89. The molecule has 172 valence electrons. The van der Waals surface area contributed by atoms with Crippen molar-refractivity contribution in [2.24, 2.45) is 0 Å². The second-order valence-electron chi connectivity index (χ2n) is 8.55. The number of benzene rings is 3. The lowest BCUT2D eigenvalue weighted by Crippen LogP contribution is -2.52. The van der Waals surface area contributed by atoms with Crippen molar-refractivity contribution in [3.05, 3.63) is 108 Å². The number of pyridine rings is 1. The molecule has 34 heavy (non-hydrogen) atoms. The number of para-hydroxylation sites is 1. The summed E-state index contributed by atoms with van der Waals surface area (Å²) < 4.78 is 29.8. The van der Waals surface area contributed by atoms with Gasteiger partial charge in [0.05, 0.1) is 5.52 Å². The highest BCUT2D eigenvalue weighted by atomic mass is 32.2. The van der Waals surface area contributed by atoms with Gasteiger partial charge in [0.1, 0.15) is 10.9 Å². The number of hydrogen-bond donors (Lipinski definition) is 0. The molecule has 1 aliphatic heterocycles. The van der Waals surface area contributed by atoms with E-state index in [2.05, 4.69) is 4.98 Å². The Labute approximate surface area is 199 Å². The highest BCUT2D eigenvalue weighted by Gasteiger charge is 2.40. The lowest BCUT2D eigenvalue weighted by molar-refractivity contribution is -0.135. The number of aromatic nitrogens is 1. The molecule has 1 aliphatic rings. The van der Waals surface area contributed by atoms with Gasteiger partial charge in [0.25, 0.3) is 0 Å². The molecule has 2 heterocycles. The fourth-order valence-electron chi connectivity index (χ4n) is 4.54. The molecule has 5 rings (SSSR count). The number of nitrogens with zero attached hydrogens (tertiary/aromatic N) is 3. The van der Waals surface area contributed by atoms with Gasteiger partial charge in [-0.25, -0.2) is 8.42 Å². The number of sulfonamides is 1. The van der Waals surface area contributed by atoms with Gasteiger partial charge in [0.2, 0.25) is 15.9 Å². The molecule has 0 bridgehead atoms. The molecule has 3 aromatic carbocycles. The minimum Gasteiger partial charge on any atom is -0.340 e. The van der Waals surface area contributed by atoms with Crippen LogP contribution >= 0.6 is 0 Å². The zero-order valence-corrected chi connectivity index (χ0v) is 19.7. The summed E-state index contributed by atoms with van der Waals surface area (Å²) in [7, 11) is -2.34. The molecule has 1 aromatic heterocycles. The van der Waals surface area contributed by atoms with Crippen molar-refractivity contribution in [2.45, 2.75) is 30.4 Å². The first-order valence-electron chi connectivity index (χ1n) is 11.2. The van der Waals surface area contributed by atoms with Crippen molar-refractivity contribution < 1.29 is 13.2 Å². The topological polar surface area (TPSA) is 70.6 Å². The summed E-state index contributed by atoms with van der Waals surface area (Å²) >= 11 is 0. The predicted octanol–water partition coefficient (Wildman–Crippen LogP) is 4.01. The van der Waals surface area contributed by atoms with Crippen molar-refractivity contribution in [2.75, 3.05) is 7.05 Å². The Morgan fingerprint density at radius 3 is 2.29 bits per heavy atom. The monoisotopic (exact) mass is 471 g/mol. The van der Waals surface area contributed by atoms with E-state index in [9.17, 15) is 13.2 Å². The summed E-state index contributed by atoms with van der Waals surface area (Å²) in [6, 6.07) is 25.1. The fraction of sp³-hybridized carbons (Fsp3) is 0.185. The maximum atomic E-state index is 14.2. The first-order valence-corrected chi connectivity index (χ1v) is 12.6. The molecule has 4 aromatic rings. The van der Waals surface area contributed by atoms with E-state index >= 15 is 0 Å². The Hall–Kier alpha value is -3.55. The zero-order chi connectivity index (χ0) is 23.7. The van der Waals surface area contributed by atoms with Crippen LogP contribution in [0.4, 0.5) is 0 Å². The van der Waals surface area contributed by atoms with E-state index in [0.29, 0.717) is 12.1 Å². The Morgan fingerprint density at radius 1 is 0.853 bits per heavy atom. The third-order valence-electron chi connectivity index (χ3n) is 6.32. The van der Waals surface area contributed by atoms with E-state index in [0.717, 1.165) is 22.1 Å². The van der Waals surface area contributed by atoms with Crippen LogP contribution in [0.1, 0.15) is 16.7 Å². The maximum Gasteiger partial charge on any atom is 0.246 e. The van der Waals surface area contributed by atoms with Crippen LogP contribution in [-0.4, -0.2) is 41.6 Å². The third-order valence-corrected chi connectivity index (χ3v) is 8.20. The minimum absolute atomic E-state index is 0.108. The molecule has 1 atom stereocenters. The fourth-order valence-corrected chi connectivity index (χ4v) is 6.27. The summed E-state index contributed by atoms with van der Waals surface area (Å²) in [6.07, 6.45) is 1.87. The number of fused-ring (bicyclic) bond motifs is 2. The van der Waals surface area contributed by atoms with Crippen molar-refractivity contribution in [3.8, 4) is 0 Å². The van der Waals surface area contributed by atoms with E-state index < -0.39 is 16.1 Å². The van der Waals surface area contributed by atoms with Gasteiger partial charge in [0.15, 0.2) is 0 Å². The maximum absolute atomic E-state index is 14.2. The Bertz CT molecular complexity index is 1450. The summed E-state index contributed by atoms with van der Waals surface area (Å²) in [4.78, 5) is 19.8. The van der Waals surface area contributed by atoms with Gasteiger partial charge in [-0.1, -0.05) is 72.8 Å². The SMILES string of the molecule is CN1Cc2ccccc2CN(S(=O)(=O)c2cccc3cccnc23)C(Cc2ccccc2)C1=O. The molecule has 6 nitrogen and oxygen atoms in total. The molecule has 1 amide bonds. The van der Waals surface area contributed by atoms with Crippen molar-refractivity contribution >= 4 is 26.8 Å². The highest BCUT2D eigenvalue weighted by Crippen LogP contribution is 2.30. The van der Waals surface area contributed by atoms with Gasteiger partial charge in [-0.15, -0.1) is 0 Å². The number of carbonyl (C=O) groups is 1. The second kappa shape index (κ2) is 9.00. The van der Waals surface area contributed by atoms with Crippen LogP contribution in [0.25, 0.3) is 10.9 Å². The number of rotatable bonds is 4.